The molecule has 0 aliphatic carbocycles. The maximum absolute atomic E-state index is 11.6. The van der Waals surface area contributed by atoms with Crippen molar-refractivity contribution in [2.75, 3.05) is 20.8 Å². The van der Waals surface area contributed by atoms with Crippen LogP contribution in [0.15, 0.2) is 16.3 Å². The topological polar surface area (TPSA) is 97.7 Å². The number of thioether (sulfide) groups is 1. The Morgan fingerprint density at radius 2 is 1.92 bits per heavy atom. The number of hydrogen-bond donors (Lipinski definition) is 2. The first-order chi connectivity index (χ1) is 11.8. The smallest absolute Gasteiger partial charge is 0.335 e. The van der Waals surface area contributed by atoms with Gasteiger partial charge < -0.3 is 14.8 Å². The standard InChI is InChI=1S/C16H27N5O3S/c1-7-8-17-14(22)21-18-10-11(16(2,3)4)25-15-19-12(23-5)9-13(20-15)24-6/h9-11H,7-8H2,1-6H3,(H2,17,21,22)/b18-10+. The lowest BCUT2D eigenvalue weighted by Crippen LogP contribution is -2.34. The van der Waals surface area contributed by atoms with E-state index < -0.39 is 0 Å². The summed E-state index contributed by atoms with van der Waals surface area (Å²) in [6, 6.07) is 1.29. The fourth-order valence-corrected chi connectivity index (χ4v) is 2.62. The highest BCUT2D eigenvalue weighted by Crippen LogP contribution is 2.34. The third kappa shape index (κ3) is 7.59. The molecule has 1 aromatic heterocycles. The summed E-state index contributed by atoms with van der Waals surface area (Å²) in [5.74, 6) is 0.854. The Morgan fingerprint density at radius 3 is 2.40 bits per heavy atom. The van der Waals surface area contributed by atoms with Crippen molar-refractivity contribution >= 4 is 24.0 Å². The summed E-state index contributed by atoms with van der Waals surface area (Å²) in [5, 5.41) is 7.18. The molecule has 0 radical (unpaired) electrons. The van der Waals surface area contributed by atoms with Gasteiger partial charge in [-0.2, -0.15) is 15.1 Å². The highest BCUT2D eigenvalue weighted by molar-refractivity contribution is 8.00. The molecule has 1 heterocycles. The number of hydrogen-bond acceptors (Lipinski definition) is 7. The van der Waals surface area contributed by atoms with Crippen LogP contribution in [0.2, 0.25) is 0 Å². The molecule has 0 aliphatic rings. The predicted octanol–water partition coefficient (Wildman–Crippen LogP) is 2.70. The van der Waals surface area contributed by atoms with Crippen LogP contribution in [-0.4, -0.2) is 48.2 Å². The first-order valence-electron chi connectivity index (χ1n) is 8.00. The zero-order chi connectivity index (χ0) is 18.9. The molecule has 2 N–H and O–H groups in total. The van der Waals surface area contributed by atoms with Gasteiger partial charge in [-0.05, 0) is 11.8 Å². The average molecular weight is 369 g/mol. The maximum Gasteiger partial charge on any atom is 0.335 e. The molecule has 0 bridgehead atoms. The number of aromatic nitrogens is 2. The number of nitrogens with zero attached hydrogens (tertiary/aromatic N) is 3. The first-order valence-corrected chi connectivity index (χ1v) is 8.88. The highest BCUT2D eigenvalue weighted by atomic mass is 32.2. The van der Waals surface area contributed by atoms with Crippen molar-refractivity contribution < 1.29 is 14.3 Å². The Kier molecular flexibility index (Phi) is 8.47. The van der Waals surface area contributed by atoms with E-state index in [0.29, 0.717) is 23.5 Å². The summed E-state index contributed by atoms with van der Waals surface area (Å²) in [6.07, 6.45) is 2.55. The molecule has 1 rings (SSSR count). The highest BCUT2D eigenvalue weighted by Gasteiger charge is 2.26. The molecule has 25 heavy (non-hydrogen) atoms. The Morgan fingerprint density at radius 1 is 1.32 bits per heavy atom. The second-order valence-electron chi connectivity index (χ2n) is 6.29. The Balaban J connectivity index is 2.85. The number of amides is 2. The van der Waals surface area contributed by atoms with Gasteiger partial charge in [-0.25, -0.2) is 10.2 Å². The number of hydrazone groups is 1. The van der Waals surface area contributed by atoms with Crippen LogP contribution in [0.5, 0.6) is 11.8 Å². The molecule has 1 aromatic rings. The summed E-state index contributed by atoms with van der Waals surface area (Å²) in [6.45, 7) is 8.82. The Bertz CT molecular complexity index is 567. The van der Waals surface area contributed by atoms with E-state index in [0.717, 1.165) is 6.42 Å². The van der Waals surface area contributed by atoms with Gasteiger partial charge in [-0.15, -0.1) is 0 Å². The first kappa shape index (κ1) is 21.0. The molecule has 8 nitrogen and oxygen atoms in total. The molecule has 2 amide bonds. The van der Waals surface area contributed by atoms with Crippen LogP contribution >= 0.6 is 11.8 Å². The zero-order valence-electron chi connectivity index (χ0n) is 15.6. The lowest BCUT2D eigenvalue weighted by molar-refractivity contribution is 0.241. The Labute approximate surface area is 153 Å². The number of ether oxygens (including phenoxy) is 2. The normalized spacial score (nSPS) is 12.7. The largest absolute Gasteiger partial charge is 0.481 e. The second-order valence-corrected chi connectivity index (χ2v) is 7.39. The van der Waals surface area contributed by atoms with Crippen molar-refractivity contribution in [1.29, 1.82) is 0 Å². The van der Waals surface area contributed by atoms with Gasteiger partial charge in [0.15, 0.2) is 5.16 Å². The van der Waals surface area contributed by atoms with Gasteiger partial charge in [0.25, 0.3) is 0 Å². The molecule has 0 spiro atoms. The summed E-state index contributed by atoms with van der Waals surface area (Å²) in [5.41, 5.74) is 2.34. The van der Waals surface area contributed by atoms with Crippen molar-refractivity contribution in [2.24, 2.45) is 10.5 Å². The van der Waals surface area contributed by atoms with Crippen LogP contribution in [0.1, 0.15) is 34.1 Å². The van der Waals surface area contributed by atoms with Gasteiger partial charge in [0.1, 0.15) is 0 Å². The molecular weight excluding hydrogens is 342 g/mol. The molecule has 0 aromatic carbocycles. The van der Waals surface area contributed by atoms with Gasteiger partial charge in [-0.1, -0.05) is 39.5 Å². The van der Waals surface area contributed by atoms with Crippen molar-refractivity contribution in [3.05, 3.63) is 6.07 Å². The minimum Gasteiger partial charge on any atom is -0.481 e. The third-order valence-corrected chi connectivity index (χ3v) is 4.55. The van der Waals surface area contributed by atoms with Gasteiger partial charge in [0.05, 0.1) is 25.5 Å². The van der Waals surface area contributed by atoms with E-state index in [1.165, 1.54) is 26.0 Å². The Hall–Kier alpha value is -2.03. The third-order valence-electron chi connectivity index (χ3n) is 3.07. The van der Waals surface area contributed by atoms with Crippen LogP contribution in [0.3, 0.4) is 0 Å². The predicted molar refractivity (Wildman–Crippen MR) is 99.6 cm³/mol. The molecule has 1 atom stereocenters. The van der Waals surface area contributed by atoms with E-state index in [4.69, 9.17) is 9.47 Å². The quantitative estimate of drug-likeness (QED) is 0.316. The van der Waals surface area contributed by atoms with Gasteiger partial charge in [0, 0.05) is 12.8 Å². The fraction of sp³-hybridized carbons (Fsp3) is 0.625. The van der Waals surface area contributed by atoms with Crippen LogP contribution in [0, 0.1) is 5.41 Å². The van der Waals surface area contributed by atoms with Crippen molar-refractivity contribution in [3.63, 3.8) is 0 Å². The molecule has 1 unspecified atom stereocenters. The van der Waals surface area contributed by atoms with Crippen molar-refractivity contribution in [1.82, 2.24) is 20.7 Å². The lowest BCUT2D eigenvalue weighted by Gasteiger charge is -2.26. The molecule has 0 saturated carbocycles. The molecule has 0 saturated heterocycles. The van der Waals surface area contributed by atoms with E-state index in [9.17, 15) is 4.79 Å². The summed E-state index contributed by atoms with van der Waals surface area (Å²) in [7, 11) is 3.08. The number of rotatable bonds is 8. The van der Waals surface area contributed by atoms with E-state index in [-0.39, 0.29) is 16.7 Å². The number of urea groups is 1. The number of nitrogens with one attached hydrogen (secondary N) is 2. The van der Waals surface area contributed by atoms with Crippen molar-refractivity contribution in [3.8, 4) is 11.8 Å². The van der Waals surface area contributed by atoms with E-state index in [1.807, 2.05) is 6.92 Å². The molecule has 0 aliphatic heterocycles. The summed E-state index contributed by atoms with van der Waals surface area (Å²) >= 11 is 1.42. The van der Waals surface area contributed by atoms with E-state index >= 15 is 0 Å². The molecule has 9 heteroatoms. The summed E-state index contributed by atoms with van der Waals surface area (Å²) in [4.78, 5) is 20.2. The van der Waals surface area contributed by atoms with E-state index in [2.05, 4.69) is 46.6 Å². The SMILES string of the molecule is CCCNC(=O)N/N=C/C(Sc1nc(OC)cc(OC)n1)C(C)(C)C. The second kappa shape index (κ2) is 10.1. The van der Waals surface area contributed by atoms with Crippen LogP contribution in [-0.2, 0) is 0 Å². The minimum atomic E-state index is -0.324. The van der Waals surface area contributed by atoms with Gasteiger partial charge in [-0.3, -0.25) is 0 Å². The summed E-state index contributed by atoms with van der Waals surface area (Å²) < 4.78 is 10.3. The minimum absolute atomic E-state index is 0.0733. The van der Waals surface area contributed by atoms with Gasteiger partial charge in [0.2, 0.25) is 11.8 Å². The fourth-order valence-electron chi connectivity index (χ4n) is 1.63. The number of carbonyl (C=O) groups is 1. The number of methoxy groups -OCH3 is 2. The molecular formula is C16H27N5O3S. The lowest BCUT2D eigenvalue weighted by atomic mass is 9.92. The van der Waals surface area contributed by atoms with E-state index in [1.54, 1.807) is 12.3 Å². The van der Waals surface area contributed by atoms with Crippen molar-refractivity contribution in [2.45, 2.75) is 44.5 Å². The van der Waals surface area contributed by atoms with Crippen LogP contribution in [0.25, 0.3) is 0 Å². The van der Waals surface area contributed by atoms with Crippen LogP contribution in [0.4, 0.5) is 4.79 Å². The van der Waals surface area contributed by atoms with Crippen LogP contribution < -0.4 is 20.2 Å². The molecule has 140 valence electrons. The molecule has 0 fully saturated rings. The monoisotopic (exact) mass is 369 g/mol. The maximum atomic E-state index is 11.6. The van der Waals surface area contributed by atoms with Gasteiger partial charge >= 0.3 is 6.03 Å². The average Bonchev–Trinajstić information content (AvgIpc) is 2.57. The number of carbonyl (C=O) groups excluding carboxylic acids is 1. The zero-order valence-corrected chi connectivity index (χ0v) is 16.4.